The molecule has 3 nitrogen and oxygen atoms in total. The van der Waals surface area contributed by atoms with Crippen LogP contribution in [0.2, 0.25) is 0 Å². The van der Waals surface area contributed by atoms with E-state index in [4.69, 9.17) is 10.2 Å². The predicted octanol–water partition coefficient (Wildman–Crippen LogP) is 0.152. The Morgan fingerprint density at radius 3 is 2.67 bits per heavy atom. The Morgan fingerprint density at radius 2 is 2.44 bits per heavy atom. The Hall–Kier alpha value is -0.830. The van der Waals surface area contributed by atoms with Gasteiger partial charge in [-0.15, -0.1) is 0 Å². The summed E-state index contributed by atoms with van der Waals surface area (Å²) in [6, 6.07) is 0. The molecule has 1 aliphatic carbocycles. The Labute approximate surface area is 52.6 Å². The lowest BCUT2D eigenvalue weighted by Crippen LogP contribution is -2.03. The number of aliphatic carboxylic acids is 1. The molecule has 0 aliphatic heterocycles. The minimum absolute atomic E-state index is 0.301. The molecule has 0 unspecified atom stereocenters. The molecular weight excluding hydrogens is 120 g/mol. The number of carbonyl (C=O) groups is 1. The Kier molecular flexibility index (Phi) is 1.53. The number of carboxylic acids is 1. The molecule has 0 aromatic heterocycles. The zero-order valence-corrected chi connectivity index (χ0v) is 4.87. The van der Waals surface area contributed by atoms with Crippen molar-refractivity contribution >= 4 is 5.97 Å². The molecule has 0 saturated heterocycles. The monoisotopic (exact) mass is 128 g/mol. The molecule has 0 aromatic rings. The van der Waals surface area contributed by atoms with Crippen LogP contribution in [0.15, 0.2) is 11.6 Å². The van der Waals surface area contributed by atoms with Gasteiger partial charge >= 0.3 is 5.97 Å². The highest BCUT2D eigenvalue weighted by Crippen LogP contribution is 2.17. The number of aliphatic hydroxyl groups is 1. The fraction of sp³-hybridized carbons (Fsp3) is 0.500. The van der Waals surface area contributed by atoms with E-state index in [9.17, 15) is 4.79 Å². The fourth-order valence-corrected chi connectivity index (χ4v) is 0.873. The van der Waals surface area contributed by atoms with Gasteiger partial charge in [-0.25, -0.2) is 4.79 Å². The third kappa shape index (κ3) is 1.29. The maximum absolute atomic E-state index is 10.2. The molecule has 0 radical (unpaired) electrons. The van der Waals surface area contributed by atoms with E-state index in [1.165, 1.54) is 0 Å². The second-order valence-electron chi connectivity index (χ2n) is 2.13. The van der Waals surface area contributed by atoms with Gasteiger partial charge in [-0.3, -0.25) is 0 Å². The molecule has 0 bridgehead atoms. The molecule has 3 heteroatoms. The van der Waals surface area contributed by atoms with Crippen molar-refractivity contribution < 1.29 is 15.0 Å². The first-order valence-electron chi connectivity index (χ1n) is 2.80. The van der Waals surface area contributed by atoms with Gasteiger partial charge < -0.3 is 10.2 Å². The highest BCUT2D eigenvalue weighted by molar-refractivity contribution is 5.87. The van der Waals surface area contributed by atoms with E-state index < -0.39 is 12.1 Å². The molecule has 1 rings (SSSR count). The first-order valence-corrected chi connectivity index (χ1v) is 2.80. The summed E-state index contributed by atoms with van der Waals surface area (Å²) in [7, 11) is 0. The summed E-state index contributed by atoms with van der Waals surface area (Å²) >= 11 is 0. The summed E-state index contributed by atoms with van der Waals surface area (Å²) < 4.78 is 0. The van der Waals surface area contributed by atoms with Gasteiger partial charge in [0.2, 0.25) is 0 Å². The minimum atomic E-state index is -0.911. The highest BCUT2D eigenvalue weighted by atomic mass is 16.4. The first kappa shape index (κ1) is 6.29. The molecule has 50 valence electrons. The number of rotatable bonds is 1. The van der Waals surface area contributed by atoms with E-state index in [1.54, 1.807) is 6.08 Å². The normalized spacial score (nSPS) is 25.9. The molecular formula is C6H8O3. The van der Waals surface area contributed by atoms with Crippen molar-refractivity contribution in [2.45, 2.75) is 18.9 Å². The largest absolute Gasteiger partial charge is 0.478 e. The summed E-state index contributed by atoms with van der Waals surface area (Å²) in [5.74, 6) is -0.911. The lowest BCUT2D eigenvalue weighted by molar-refractivity contribution is -0.132. The van der Waals surface area contributed by atoms with Crippen LogP contribution in [0.4, 0.5) is 0 Å². The third-order valence-electron chi connectivity index (χ3n) is 1.37. The zero-order chi connectivity index (χ0) is 6.85. The van der Waals surface area contributed by atoms with Crippen LogP contribution in [-0.2, 0) is 4.79 Å². The second kappa shape index (κ2) is 2.19. The number of carboxylic acid groups (broad SMARTS) is 1. The van der Waals surface area contributed by atoms with Crippen LogP contribution in [0, 0.1) is 0 Å². The smallest absolute Gasteiger partial charge is 0.331 e. The molecule has 0 spiro atoms. The Balaban J connectivity index is 2.55. The lowest BCUT2D eigenvalue weighted by Gasteiger charge is -1.96. The van der Waals surface area contributed by atoms with Gasteiger partial charge in [0.1, 0.15) is 0 Å². The second-order valence-corrected chi connectivity index (χ2v) is 2.13. The van der Waals surface area contributed by atoms with E-state index in [1.807, 2.05) is 0 Å². The Bertz CT molecular complexity index is 160. The quantitative estimate of drug-likeness (QED) is 0.528. The summed E-state index contributed by atoms with van der Waals surface area (Å²) in [5, 5.41) is 17.2. The van der Waals surface area contributed by atoms with E-state index in [0.717, 1.165) is 0 Å². The SMILES string of the molecule is O=C(O)C1=CC[C@H](O)C1. The first-order chi connectivity index (χ1) is 4.20. The van der Waals surface area contributed by atoms with Crippen LogP contribution < -0.4 is 0 Å². The maximum Gasteiger partial charge on any atom is 0.331 e. The predicted molar refractivity (Wildman–Crippen MR) is 31.0 cm³/mol. The van der Waals surface area contributed by atoms with Crippen LogP contribution >= 0.6 is 0 Å². The van der Waals surface area contributed by atoms with Crippen molar-refractivity contribution in [2.75, 3.05) is 0 Å². The molecule has 0 saturated carbocycles. The van der Waals surface area contributed by atoms with Crippen molar-refractivity contribution in [3.05, 3.63) is 11.6 Å². The highest BCUT2D eigenvalue weighted by Gasteiger charge is 2.18. The van der Waals surface area contributed by atoms with Crippen LogP contribution in [0.5, 0.6) is 0 Å². The van der Waals surface area contributed by atoms with Crippen molar-refractivity contribution in [1.82, 2.24) is 0 Å². The molecule has 0 aromatic carbocycles. The molecule has 1 atom stereocenters. The molecule has 0 heterocycles. The molecule has 0 fully saturated rings. The standard InChI is InChI=1S/C6H8O3/c7-5-2-1-4(3-5)6(8)9/h1,5,7H,2-3H2,(H,8,9)/t5-/m0/s1. The van der Waals surface area contributed by atoms with Gasteiger partial charge in [-0.05, 0) is 6.42 Å². The van der Waals surface area contributed by atoms with Crippen LogP contribution in [-0.4, -0.2) is 22.3 Å². The van der Waals surface area contributed by atoms with Crippen molar-refractivity contribution in [3.63, 3.8) is 0 Å². The topological polar surface area (TPSA) is 57.5 Å². The molecule has 9 heavy (non-hydrogen) atoms. The number of aliphatic hydroxyl groups excluding tert-OH is 1. The van der Waals surface area contributed by atoms with Crippen LogP contribution in [0.25, 0.3) is 0 Å². The summed E-state index contributed by atoms with van der Waals surface area (Å²) in [5.41, 5.74) is 0.336. The molecule has 2 N–H and O–H groups in total. The van der Waals surface area contributed by atoms with Gasteiger partial charge in [0.25, 0.3) is 0 Å². The van der Waals surface area contributed by atoms with Gasteiger partial charge in [0.15, 0.2) is 0 Å². The van der Waals surface area contributed by atoms with Crippen LogP contribution in [0.1, 0.15) is 12.8 Å². The van der Waals surface area contributed by atoms with E-state index in [0.29, 0.717) is 18.4 Å². The third-order valence-corrected chi connectivity index (χ3v) is 1.37. The van der Waals surface area contributed by atoms with Gasteiger partial charge in [0.05, 0.1) is 6.10 Å². The maximum atomic E-state index is 10.2. The van der Waals surface area contributed by atoms with Crippen molar-refractivity contribution in [1.29, 1.82) is 0 Å². The lowest BCUT2D eigenvalue weighted by atomic mass is 10.2. The average molecular weight is 128 g/mol. The number of hydrogen-bond donors (Lipinski definition) is 2. The number of hydrogen-bond acceptors (Lipinski definition) is 2. The minimum Gasteiger partial charge on any atom is -0.478 e. The Morgan fingerprint density at radius 1 is 1.78 bits per heavy atom. The zero-order valence-electron chi connectivity index (χ0n) is 4.87. The average Bonchev–Trinajstić information content (AvgIpc) is 2.14. The van der Waals surface area contributed by atoms with Crippen molar-refractivity contribution in [2.24, 2.45) is 0 Å². The summed E-state index contributed by atoms with van der Waals surface area (Å²) in [6.07, 6.45) is 1.89. The summed E-state index contributed by atoms with van der Waals surface area (Å²) in [6.45, 7) is 0. The van der Waals surface area contributed by atoms with E-state index in [-0.39, 0.29) is 0 Å². The van der Waals surface area contributed by atoms with Crippen molar-refractivity contribution in [3.8, 4) is 0 Å². The van der Waals surface area contributed by atoms with Gasteiger partial charge in [0, 0.05) is 12.0 Å². The fourth-order valence-electron chi connectivity index (χ4n) is 0.873. The van der Waals surface area contributed by atoms with Crippen LogP contribution in [0.3, 0.4) is 0 Å². The summed E-state index contributed by atoms with van der Waals surface area (Å²) in [4.78, 5) is 10.2. The molecule has 1 aliphatic rings. The molecule has 0 amide bonds. The van der Waals surface area contributed by atoms with Gasteiger partial charge in [-0.2, -0.15) is 0 Å². The van der Waals surface area contributed by atoms with E-state index in [2.05, 4.69) is 0 Å². The van der Waals surface area contributed by atoms with E-state index >= 15 is 0 Å². The van der Waals surface area contributed by atoms with Gasteiger partial charge in [-0.1, -0.05) is 6.08 Å².